The van der Waals surface area contributed by atoms with Gasteiger partial charge in [-0.05, 0) is 38.1 Å². The summed E-state index contributed by atoms with van der Waals surface area (Å²) in [7, 11) is 1.85. The molecule has 0 spiro atoms. The number of nitrogens with one attached hydrogen (secondary N) is 1. The highest BCUT2D eigenvalue weighted by atomic mass is 79.9. The molecular formula is C14H20BrF3N2. The molecule has 2 nitrogen and oxygen atoms in total. The van der Waals surface area contributed by atoms with Crippen LogP contribution in [0.4, 0.5) is 13.2 Å². The SMILES string of the molecule is CNCc1ccc(CN(CC(F)(F)F)C(C)C)c(Br)c1. The largest absolute Gasteiger partial charge is 0.401 e. The van der Waals surface area contributed by atoms with Crippen LogP contribution in [0.2, 0.25) is 0 Å². The fourth-order valence-electron chi connectivity index (χ4n) is 1.90. The molecule has 0 aliphatic rings. The summed E-state index contributed by atoms with van der Waals surface area (Å²) in [5, 5.41) is 3.04. The molecule has 0 unspecified atom stereocenters. The quantitative estimate of drug-likeness (QED) is 0.833. The molecule has 1 rings (SSSR count). The average molecular weight is 353 g/mol. The Hall–Kier alpha value is -0.590. The maximum Gasteiger partial charge on any atom is 0.401 e. The standard InChI is InChI=1S/C14H20BrF3N2/c1-10(2)20(9-14(16,17)18)8-12-5-4-11(7-19-3)6-13(12)15/h4-6,10,19H,7-9H2,1-3H3. The van der Waals surface area contributed by atoms with Gasteiger partial charge in [0.2, 0.25) is 0 Å². The van der Waals surface area contributed by atoms with Gasteiger partial charge in [-0.1, -0.05) is 28.1 Å². The number of nitrogens with zero attached hydrogens (tertiary/aromatic N) is 1. The van der Waals surface area contributed by atoms with Crippen LogP contribution in [0, 0.1) is 0 Å². The molecule has 0 saturated carbocycles. The van der Waals surface area contributed by atoms with Crippen molar-refractivity contribution < 1.29 is 13.2 Å². The van der Waals surface area contributed by atoms with Crippen molar-refractivity contribution in [3.8, 4) is 0 Å². The van der Waals surface area contributed by atoms with E-state index in [9.17, 15) is 13.2 Å². The van der Waals surface area contributed by atoms with Crippen LogP contribution in [0.1, 0.15) is 25.0 Å². The summed E-state index contributed by atoms with van der Waals surface area (Å²) >= 11 is 3.44. The van der Waals surface area contributed by atoms with Gasteiger partial charge >= 0.3 is 6.18 Å². The van der Waals surface area contributed by atoms with Crippen molar-refractivity contribution in [2.75, 3.05) is 13.6 Å². The van der Waals surface area contributed by atoms with E-state index >= 15 is 0 Å². The van der Waals surface area contributed by atoms with Crippen LogP contribution in [0.15, 0.2) is 22.7 Å². The molecular weight excluding hydrogens is 333 g/mol. The summed E-state index contributed by atoms with van der Waals surface area (Å²) in [6.45, 7) is 3.66. The normalized spacial score (nSPS) is 12.4. The Morgan fingerprint density at radius 2 is 1.95 bits per heavy atom. The van der Waals surface area contributed by atoms with Crippen molar-refractivity contribution in [3.63, 3.8) is 0 Å². The van der Waals surface area contributed by atoms with E-state index in [2.05, 4.69) is 21.2 Å². The molecule has 0 amide bonds. The summed E-state index contributed by atoms with van der Waals surface area (Å²) in [5.74, 6) is 0. The van der Waals surface area contributed by atoms with Gasteiger partial charge in [-0.3, -0.25) is 4.90 Å². The summed E-state index contributed by atoms with van der Waals surface area (Å²) in [6.07, 6.45) is -4.18. The van der Waals surface area contributed by atoms with Crippen molar-refractivity contribution in [1.82, 2.24) is 10.2 Å². The number of halogens is 4. The molecule has 0 fully saturated rings. The topological polar surface area (TPSA) is 15.3 Å². The zero-order valence-corrected chi connectivity index (χ0v) is 13.5. The second-order valence-electron chi connectivity index (χ2n) is 5.07. The van der Waals surface area contributed by atoms with Gasteiger partial charge in [0.15, 0.2) is 0 Å². The Morgan fingerprint density at radius 3 is 2.40 bits per heavy atom. The maximum atomic E-state index is 12.6. The molecule has 20 heavy (non-hydrogen) atoms. The van der Waals surface area contributed by atoms with Crippen LogP contribution in [0.25, 0.3) is 0 Å². The van der Waals surface area contributed by atoms with Gasteiger partial charge in [0.25, 0.3) is 0 Å². The third-order valence-electron chi connectivity index (χ3n) is 2.98. The number of alkyl halides is 3. The number of hydrogen-bond donors (Lipinski definition) is 1. The fourth-order valence-corrected chi connectivity index (χ4v) is 2.45. The van der Waals surface area contributed by atoms with Crippen LogP contribution >= 0.6 is 15.9 Å². The maximum absolute atomic E-state index is 12.6. The predicted octanol–water partition coefficient (Wildman–Crippen LogP) is 3.94. The second kappa shape index (κ2) is 7.43. The lowest BCUT2D eigenvalue weighted by Gasteiger charge is -2.28. The molecule has 0 bridgehead atoms. The lowest BCUT2D eigenvalue weighted by atomic mass is 10.1. The van der Waals surface area contributed by atoms with Gasteiger partial charge in [0.1, 0.15) is 0 Å². The molecule has 1 N–H and O–H groups in total. The van der Waals surface area contributed by atoms with Crippen LogP contribution in [0.3, 0.4) is 0 Å². The van der Waals surface area contributed by atoms with Gasteiger partial charge in [-0.25, -0.2) is 0 Å². The third-order valence-corrected chi connectivity index (χ3v) is 3.72. The van der Waals surface area contributed by atoms with E-state index in [1.54, 1.807) is 13.8 Å². The Kier molecular flexibility index (Phi) is 6.48. The van der Waals surface area contributed by atoms with Crippen LogP contribution < -0.4 is 5.32 Å². The first-order chi connectivity index (χ1) is 9.23. The lowest BCUT2D eigenvalue weighted by Crippen LogP contribution is -2.38. The van der Waals surface area contributed by atoms with E-state index in [4.69, 9.17) is 0 Å². The van der Waals surface area contributed by atoms with Gasteiger partial charge in [-0.2, -0.15) is 13.2 Å². The number of benzene rings is 1. The van der Waals surface area contributed by atoms with Crippen molar-refractivity contribution in [1.29, 1.82) is 0 Å². The summed E-state index contributed by atoms with van der Waals surface area (Å²) in [5.41, 5.74) is 1.96. The molecule has 0 heterocycles. The number of hydrogen-bond acceptors (Lipinski definition) is 2. The van der Waals surface area contributed by atoms with Gasteiger partial charge < -0.3 is 5.32 Å². The predicted molar refractivity (Wildman–Crippen MR) is 78.5 cm³/mol. The van der Waals surface area contributed by atoms with Crippen molar-refractivity contribution in [3.05, 3.63) is 33.8 Å². The first-order valence-electron chi connectivity index (χ1n) is 6.45. The Morgan fingerprint density at radius 1 is 1.30 bits per heavy atom. The van der Waals surface area contributed by atoms with E-state index in [0.29, 0.717) is 0 Å². The van der Waals surface area contributed by atoms with Crippen molar-refractivity contribution in [2.45, 2.75) is 39.2 Å². The Labute approximate surface area is 126 Å². The van der Waals surface area contributed by atoms with E-state index in [0.717, 1.165) is 22.1 Å². The molecule has 0 atom stereocenters. The highest BCUT2D eigenvalue weighted by Crippen LogP contribution is 2.24. The van der Waals surface area contributed by atoms with Gasteiger partial charge in [0.05, 0.1) is 6.54 Å². The Bertz CT molecular complexity index is 433. The summed E-state index contributed by atoms with van der Waals surface area (Å²) < 4.78 is 38.6. The van der Waals surface area contributed by atoms with Gasteiger partial charge in [0, 0.05) is 23.6 Å². The first-order valence-corrected chi connectivity index (χ1v) is 7.25. The van der Waals surface area contributed by atoms with E-state index in [1.807, 2.05) is 25.2 Å². The first kappa shape index (κ1) is 17.5. The molecule has 0 aliphatic heterocycles. The van der Waals surface area contributed by atoms with Crippen LogP contribution in [-0.2, 0) is 13.1 Å². The monoisotopic (exact) mass is 352 g/mol. The smallest absolute Gasteiger partial charge is 0.316 e. The summed E-state index contributed by atoms with van der Waals surface area (Å²) in [6, 6.07) is 5.59. The molecule has 1 aromatic rings. The minimum absolute atomic E-state index is 0.166. The highest BCUT2D eigenvalue weighted by Gasteiger charge is 2.31. The van der Waals surface area contributed by atoms with Crippen molar-refractivity contribution in [2.24, 2.45) is 0 Å². The fraction of sp³-hybridized carbons (Fsp3) is 0.571. The zero-order valence-electron chi connectivity index (χ0n) is 11.9. The van der Waals surface area contributed by atoms with Gasteiger partial charge in [-0.15, -0.1) is 0 Å². The molecule has 0 aromatic heterocycles. The third kappa shape index (κ3) is 5.81. The molecule has 6 heteroatoms. The minimum Gasteiger partial charge on any atom is -0.316 e. The molecule has 1 aromatic carbocycles. The lowest BCUT2D eigenvalue weighted by molar-refractivity contribution is -0.150. The molecule has 0 aliphatic carbocycles. The average Bonchev–Trinajstić information content (AvgIpc) is 2.30. The zero-order chi connectivity index (χ0) is 15.3. The van der Waals surface area contributed by atoms with E-state index in [1.165, 1.54) is 4.90 Å². The van der Waals surface area contributed by atoms with Crippen LogP contribution in [0.5, 0.6) is 0 Å². The minimum atomic E-state index is -4.18. The molecule has 0 saturated heterocycles. The summed E-state index contributed by atoms with van der Waals surface area (Å²) in [4.78, 5) is 1.41. The van der Waals surface area contributed by atoms with Crippen molar-refractivity contribution >= 4 is 15.9 Å². The molecule has 114 valence electrons. The second-order valence-corrected chi connectivity index (χ2v) is 5.92. The van der Waals surface area contributed by atoms with E-state index in [-0.39, 0.29) is 12.6 Å². The Balaban J connectivity index is 2.83. The highest BCUT2D eigenvalue weighted by molar-refractivity contribution is 9.10. The van der Waals surface area contributed by atoms with E-state index < -0.39 is 12.7 Å². The molecule has 0 radical (unpaired) electrons. The van der Waals surface area contributed by atoms with Crippen LogP contribution in [-0.4, -0.2) is 30.7 Å². The number of rotatable bonds is 6.